The Morgan fingerprint density at radius 2 is 2.27 bits per heavy atom. The van der Waals surface area contributed by atoms with Gasteiger partial charge in [0, 0.05) is 7.05 Å². The van der Waals surface area contributed by atoms with Crippen molar-refractivity contribution in [1.29, 1.82) is 0 Å². The summed E-state index contributed by atoms with van der Waals surface area (Å²) >= 11 is 0. The molecular weight excluding hydrogens is 146 g/mol. The second-order valence-corrected chi connectivity index (χ2v) is 2.10. The second-order valence-electron chi connectivity index (χ2n) is 2.10. The molecule has 5 heteroatoms. The summed E-state index contributed by atoms with van der Waals surface area (Å²) in [6.45, 7) is 1.71. The number of carbonyl (C=O) groups is 1. The maximum Gasteiger partial charge on any atom is 0.375 e. The van der Waals surface area contributed by atoms with Crippen LogP contribution in [0, 0.1) is 6.92 Å². The quantitative estimate of drug-likeness (QED) is 0.532. The molecule has 1 heterocycles. The van der Waals surface area contributed by atoms with Crippen molar-refractivity contribution in [3.63, 3.8) is 0 Å². The predicted molar refractivity (Wildman–Crippen MR) is 37.1 cm³/mol. The SMILES string of the molecule is COC(=O)c1nc(C)nn1C. The molecule has 0 saturated carbocycles. The van der Waals surface area contributed by atoms with Crippen LogP contribution in [-0.4, -0.2) is 27.8 Å². The lowest BCUT2D eigenvalue weighted by molar-refractivity contribution is 0.0581. The van der Waals surface area contributed by atoms with Gasteiger partial charge in [0.2, 0.25) is 5.82 Å². The molecule has 60 valence electrons. The summed E-state index contributed by atoms with van der Waals surface area (Å²) in [5.74, 6) is 0.325. The van der Waals surface area contributed by atoms with Gasteiger partial charge in [-0.2, -0.15) is 5.10 Å². The number of rotatable bonds is 1. The summed E-state index contributed by atoms with van der Waals surface area (Å²) in [5.41, 5.74) is 0. The van der Waals surface area contributed by atoms with E-state index in [9.17, 15) is 4.79 Å². The van der Waals surface area contributed by atoms with Crippen molar-refractivity contribution in [2.75, 3.05) is 7.11 Å². The van der Waals surface area contributed by atoms with E-state index in [1.165, 1.54) is 11.8 Å². The van der Waals surface area contributed by atoms with Gasteiger partial charge in [0.25, 0.3) is 0 Å². The molecule has 1 rings (SSSR count). The number of nitrogens with zero attached hydrogens (tertiary/aromatic N) is 3. The summed E-state index contributed by atoms with van der Waals surface area (Å²) in [4.78, 5) is 14.8. The molecule has 0 aliphatic heterocycles. The number of esters is 1. The molecule has 11 heavy (non-hydrogen) atoms. The van der Waals surface area contributed by atoms with Crippen LogP contribution in [0.2, 0.25) is 0 Å². The fourth-order valence-corrected chi connectivity index (χ4v) is 0.781. The van der Waals surface area contributed by atoms with E-state index in [-0.39, 0.29) is 5.82 Å². The number of ether oxygens (including phenoxy) is 1. The average molecular weight is 155 g/mol. The molecule has 0 aliphatic carbocycles. The Hall–Kier alpha value is -1.39. The highest BCUT2D eigenvalue weighted by molar-refractivity contribution is 5.85. The minimum atomic E-state index is -0.465. The highest BCUT2D eigenvalue weighted by Crippen LogP contribution is 1.96. The molecule has 0 aliphatic rings. The smallest absolute Gasteiger partial charge is 0.375 e. The van der Waals surface area contributed by atoms with Gasteiger partial charge in [-0.15, -0.1) is 0 Å². The lowest BCUT2D eigenvalue weighted by Gasteiger charge is -1.94. The molecule has 1 aromatic rings. The number of hydrogen-bond acceptors (Lipinski definition) is 4. The predicted octanol–water partition coefficient (Wildman–Crippen LogP) is -0.0899. The monoisotopic (exact) mass is 155 g/mol. The van der Waals surface area contributed by atoms with Crippen LogP contribution in [0.4, 0.5) is 0 Å². The molecule has 0 aromatic carbocycles. The van der Waals surface area contributed by atoms with Crippen molar-refractivity contribution in [2.24, 2.45) is 7.05 Å². The van der Waals surface area contributed by atoms with Gasteiger partial charge in [0.1, 0.15) is 5.82 Å². The molecule has 1 aromatic heterocycles. The molecule has 0 bridgehead atoms. The summed E-state index contributed by atoms with van der Waals surface area (Å²) in [6.07, 6.45) is 0. The van der Waals surface area contributed by atoms with E-state index < -0.39 is 5.97 Å². The molecule has 0 amide bonds. The summed E-state index contributed by atoms with van der Waals surface area (Å²) in [6, 6.07) is 0. The first kappa shape index (κ1) is 7.71. The van der Waals surface area contributed by atoms with Crippen molar-refractivity contribution < 1.29 is 9.53 Å². The fraction of sp³-hybridized carbons (Fsp3) is 0.500. The van der Waals surface area contributed by atoms with Gasteiger partial charge >= 0.3 is 5.97 Å². The van der Waals surface area contributed by atoms with Gasteiger partial charge in [-0.25, -0.2) is 14.5 Å². The van der Waals surface area contributed by atoms with Crippen LogP contribution < -0.4 is 0 Å². The van der Waals surface area contributed by atoms with E-state index in [0.29, 0.717) is 5.82 Å². The Balaban J connectivity index is 3.03. The highest BCUT2D eigenvalue weighted by Gasteiger charge is 2.12. The van der Waals surface area contributed by atoms with Crippen LogP contribution >= 0.6 is 0 Å². The van der Waals surface area contributed by atoms with Crippen LogP contribution in [0.3, 0.4) is 0 Å². The number of carbonyl (C=O) groups excluding carboxylic acids is 1. The Morgan fingerprint density at radius 3 is 2.64 bits per heavy atom. The Bertz CT molecular complexity index is 279. The zero-order valence-electron chi connectivity index (χ0n) is 6.66. The molecule has 0 N–H and O–H groups in total. The van der Waals surface area contributed by atoms with Crippen molar-refractivity contribution >= 4 is 5.97 Å². The first-order valence-electron chi connectivity index (χ1n) is 3.11. The number of aryl methyl sites for hydroxylation is 2. The van der Waals surface area contributed by atoms with E-state index >= 15 is 0 Å². The average Bonchev–Trinajstić information content (AvgIpc) is 2.28. The minimum Gasteiger partial charge on any atom is -0.463 e. The van der Waals surface area contributed by atoms with E-state index in [0.717, 1.165) is 0 Å². The van der Waals surface area contributed by atoms with Gasteiger partial charge in [0.15, 0.2) is 0 Å². The fourth-order valence-electron chi connectivity index (χ4n) is 0.781. The van der Waals surface area contributed by atoms with Crippen LogP contribution in [-0.2, 0) is 11.8 Å². The third-order valence-electron chi connectivity index (χ3n) is 1.24. The van der Waals surface area contributed by atoms with Crippen molar-refractivity contribution in [1.82, 2.24) is 14.8 Å². The van der Waals surface area contributed by atoms with E-state index in [1.807, 2.05) is 0 Å². The summed E-state index contributed by atoms with van der Waals surface area (Å²) < 4.78 is 5.86. The molecule has 0 saturated heterocycles. The van der Waals surface area contributed by atoms with E-state index in [4.69, 9.17) is 0 Å². The van der Waals surface area contributed by atoms with Gasteiger partial charge in [-0.3, -0.25) is 0 Å². The van der Waals surface area contributed by atoms with Crippen molar-refractivity contribution in [2.45, 2.75) is 6.92 Å². The number of hydrogen-bond donors (Lipinski definition) is 0. The van der Waals surface area contributed by atoms with Crippen molar-refractivity contribution in [3.05, 3.63) is 11.6 Å². The lowest BCUT2D eigenvalue weighted by Crippen LogP contribution is -2.09. The summed E-state index contributed by atoms with van der Waals surface area (Å²) in [5, 5.41) is 3.88. The standard InChI is InChI=1S/C6H9N3O2/c1-4-7-5(6(10)11-3)9(2)8-4/h1-3H3. The number of methoxy groups -OCH3 is 1. The number of aromatic nitrogens is 3. The molecule has 0 atom stereocenters. The normalized spacial score (nSPS) is 9.73. The maximum atomic E-state index is 10.9. The summed E-state index contributed by atoms with van der Waals surface area (Å²) in [7, 11) is 2.96. The second kappa shape index (κ2) is 2.69. The minimum absolute atomic E-state index is 0.227. The van der Waals surface area contributed by atoms with E-state index in [2.05, 4.69) is 14.8 Å². The Morgan fingerprint density at radius 1 is 1.64 bits per heavy atom. The van der Waals surface area contributed by atoms with Crippen LogP contribution in [0.5, 0.6) is 0 Å². The molecule has 0 fully saturated rings. The molecule has 0 spiro atoms. The highest BCUT2D eigenvalue weighted by atomic mass is 16.5. The van der Waals surface area contributed by atoms with Crippen molar-refractivity contribution in [3.8, 4) is 0 Å². The lowest BCUT2D eigenvalue weighted by atomic mass is 10.6. The van der Waals surface area contributed by atoms with Crippen LogP contribution in [0.1, 0.15) is 16.4 Å². The zero-order chi connectivity index (χ0) is 8.43. The Kier molecular flexibility index (Phi) is 1.89. The maximum absolute atomic E-state index is 10.9. The molecular formula is C6H9N3O2. The van der Waals surface area contributed by atoms with Gasteiger partial charge < -0.3 is 4.74 Å². The van der Waals surface area contributed by atoms with Gasteiger partial charge in [-0.05, 0) is 6.92 Å². The topological polar surface area (TPSA) is 57.0 Å². The molecule has 0 unspecified atom stereocenters. The first-order chi connectivity index (χ1) is 5.15. The molecule has 5 nitrogen and oxygen atoms in total. The first-order valence-corrected chi connectivity index (χ1v) is 3.11. The largest absolute Gasteiger partial charge is 0.463 e. The van der Waals surface area contributed by atoms with Gasteiger partial charge in [-0.1, -0.05) is 0 Å². The Labute approximate surface area is 64.0 Å². The van der Waals surface area contributed by atoms with Crippen LogP contribution in [0.25, 0.3) is 0 Å². The van der Waals surface area contributed by atoms with Gasteiger partial charge in [0.05, 0.1) is 7.11 Å². The third kappa shape index (κ3) is 1.36. The third-order valence-corrected chi connectivity index (χ3v) is 1.24. The zero-order valence-corrected chi connectivity index (χ0v) is 6.66. The van der Waals surface area contributed by atoms with Crippen LogP contribution in [0.15, 0.2) is 0 Å². The van der Waals surface area contributed by atoms with E-state index in [1.54, 1.807) is 14.0 Å². The molecule has 0 radical (unpaired) electrons.